The normalized spacial score (nSPS) is 13.1. The largest absolute Gasteiger partial charge is 0.416 e. The Morgan fingerprint density at radius 3 is 2.60 bits per heavy atom. The van der Waals surface area contributed by atoms with Gasteiger partial charge in [0.1, 0.15) is 0 Å². The van der Waals surface area contributed by atoms with Crippen LogP contribution in [0.15, 0.2) is 24.3 Å². The molecule has 0 aliphatic heterocycles. The van der Waals surface area contributed by atoms with Crippen molar-refractivity contribution in [2.24, 2.45) is 0 Å². The highest BCUT2D eigenvalue weighted by molar-refractivity contribution is 5.78. The number of carbonyl (C=O) groups is 1. The number of amides is 1. The number of carbonyl (C=O) groups excluding carboxylic acids is 1. The molecule has 1 unspecified atom stereocenters. The van der Waals surface area contributed by atoms with Gasteiger partial charge in [-0.25, -0.2) is 0 Å². The van der Waals surface area contributed by atoms with Crippen LogP contribution >= 0.6 is 0 Å². The standard InChI is InChI=1S/C14H18F3NO2/c1-2-11(19)7-8-18-13(20)9-10-5-3-4-6-12(10)14(15,16)17/h3-6,11,19H,2,7-9H2,1H3,(H,18,20). The molecule has 1 amide bonds. The van der Waals surface area contributed by atoms with Gasteiger partial charge in [0.15, 0.2) is 0 Å². The number of aliphatic hydroxyl groups excluding tert-OH is 1. The first-order valence-electron chi connectivity index (χ1n) is 6.44. The zero-order valence-electron chi connectivity index (χ0n) is 11.2. The summed E-state index contributed by atoms with van der Waals surface area (Å²) in [4.78, 5) is 11.6. The zero-order valence-corrected chi connectivity index (χ0v) is 11.2. The molecule has 1 rings (SSSR count). The second-order valence-electron chi connectivity index (χ2n) is 4.53. The first kappa shape index (κ1) is 16.5. The molecular formula is C14H18F3NO2. The maximum atomic E-state index is 12.7. The lowest BCUT2D eigenvalue weighted by atomic mass is 10.0. The fourth-order valence-electron chi connectivity index (χ4n) is 1.77. The van der Waals surface area contributed by atoms with Crippen molar-refractivity contribution in [1.29, 1.82) is 0 Å². The lowest BCUT2D eigenvalue weighted by Crippen LogP contribution is -2.29. The Hall–Kier alpha value is -1.56. The number of hydrogen-bond donors (Lipinski definition) is 2. The van der Waals surface area contributed by atoms with E-state index >= 15 is 0 Å². The minimum atomic E-state index is -4.46. The summed E-state index contributed by atoms with van der Waals surface area (Å²) in [6.07, 6.45) is -4.32. The number of hydrogen-bond acceptors (Lipinski definition) is 2. The second kappa shape index (κ2) is 7.28. The Morgan fingerprint density at radius 2 is 2.00 bits per heavy atom. The molecule has 1 aromatic carbocycles. The molecule has 0 aromatic heterocycles. The highest BCUT2D eigenvalue weighted by atomic mass is 19.4. The monoisotopic (exact) mass is 289 g/mol. The van der Waals surface area contributed by atoms with E-state index in [1.165, 1.54) is 18.2 Å². The molecule has 0 bridgehead atoms. The van der Waals surface area contributed by atoms with E-state index in [1.54, 1.807) is 0 Å². The summed E-state index contributed by atoms with van der Waals surface area (Å²) in [6.45, 7) is 2.06. The maximum Gasteiger partial charge on any atom is 0.416 e. The number of alkyl halides is 3. The molecule has 2 N–H and O–H groups in total. The molecule has 0 saturated carbocycles. The van der Waals surface area contributed by atoms with Gasteiger partial charge in [-0.3, -0.25) is 4.79 Å². The van der Waals surface area contributed by atoms with Crippen molar-refractivity contribution in [3.8, 4) is 0 Å². The summed E-state index contributed by atoms with van der Waals surface area (Å²) in [5.41, 5.74) is -0.836. The highest BCUT2D eigenvalue weighted by Crippen LogP contribution is 2.31. The molecule has 1 atom stereocenters. The predicted molar refractivity (Wildman–Crippen MR) is 69.1 cm³/mol. The van der Waals surface area contributed by atoms with Crippen molar-refractivity contribution in [2.45, 2.75) is 38.5 Å². The Balaban J connectivity index is 2.58. The molecule has 0 fully saturated rings. The first-order chi connectivity index (χ1) is 9.34. The smallest absolute Gasteiger partial charge is 0.393 e. The van der Waals surface area contributed by atoms with Crippen molar-refractivity contribution in [3.63, 3.8) is 0 Å². The van der Waals surface area contributed by atoms with Crippen LogP contribution in [0.3, 0.4) is 0 Å². The molecule has 0 saturated heterocycles. The van der Waals surface area contributed by atoms with Crippen molar-refractivity contribution in [3.05, 3.63) is 35.4 Å². The van der Waals surface area contributed by atoms with Gasteiger partial charge < -0.3 is 10.4 Å². The van der Waals surface area contributed by atoms with Crippen LogP contribution in [-0.2, 0) is 17.4 Å². The fraction of sp³-hybridized carbons (Fsp3) is 0.500. The van der Waals surface area contributed by atoms with Gasteiger partial charge in [0.25, 0.3) is 0 Å². The average Bonchev–Trinajstić information content (AvgIpc) is 2.37. The number of benzene rings is 1. The van der Waals surface area contributed by atoms with Crippen LogP contribution in [0.1, 0.15) is 30.9 Å². The van der Waals surface area contributed by atoms with Crippen LogP contribution in [0.4, 0.5) is 13.2 Å². The second-order valence-corrected chi connectivity index (χ2v) is 4.53. The van der Waals surface area contributed by atoms with Crippen LogP contribution < -0.4 is 5.32 Å². The van der Waals surface area contributed by atoms with Gasteiger partial charge in [-0.2, -0.15) is 13.2 Å². The Bertz CT molecular complexity index is 446. The average molecular weight is 289 g/mol. The van der Waals surface area contributed by atoms with Crippen LogP contribution in [0.2, 0.25) is 0 Å². The quantitative estimate of drug-likeness (QED) is 0.845. The van der Waals surface area contributed by atoms with Gasteiger partial charge in [-0.15, -0.1) is 0 Å². The summed E-state index contributed by atoms with van der Waals surface area (Å²) in [5.74, 6) is -0.481. The van der Waals surface area contributed by atoms with Crippen LogP contribution in [0.25, 0.3) is 0 Å². The van der Waals surface area contributed by atoms with E-state index in [0.717, 1.165) is 6.07 Å². The summed E-state index contributed by atoms with van der Waals surface area (Å²) in [6, 6.07) is 5.02. The van der Waals surface area contributed by atoms with Crippen molar-refractivity contribution in [1.82, 2.24) is 5.32 Å². The summed E-state index contributed by atoms with van der Waals surface area (Å²) < 4.78 is 38.2. The third-order valence-electron chi connectivity index (χ3n) is 2.94. The van der Waals surface area contributed by atoms with Crippen molar-refractivity contribution in [2.75, 3.05) is 6.54 Å². The Labute approximate surface area is 115 Å². The van der Waals surface area contributed by atoms with Gasteiger partial charge >= 0.3 is 6.18 Å². The molecule has 20 heavy (non-hydrogen) atoms. The molecule has 6 heteroatoms. The molecule has 0 heterocycles. The summed E-state index contributed by atoms with van der Waals surface area (Å²) in [5, 5.41) is 11.8. The lowest BCUT2D eigenvalue weighted by molar-refractivity contribution is -0.138. The SMILES string of the molecule is CCC(O)CCNC(=O)Cc1ccccc1C(F)(F)F. The number of halogens is 3. The van der Waals surface area contributed by atoms with Crippen molar-refractivity contribution >= 4 is 5.91 Å². The van der Waals surface area contributed by atoms with Gasteiger partial charge in [0.2, 0.25) is 5.91 Å². The van der Waals surface area contributed by atoms with Gasteiger partial charge in [-0.05, 0) is 24.5 Å². The van der Waals surface area contributed by atoms with E-state index in [1.807, 2.05) is 6.92 Å². The minimum absolute atomic E-state index is 0.0476. The fourth-order valence-corrected chi connectivity index (χ4v) is 1.77. The number of aliphatic hydroxyl groups is 1. The first-order valence-corrected chi connectivity index (χ1v) is 6.44. The Kier molecular flexibility index (Phi) is 6.01. The van der Waals surface area contributed by atoms with E-state index in [4.69, 9.17) is 0 Å². The van der Waals surface area contributed by atoms with Crippen molar-refractivity contribution < 1.29 is 23.1 Å². The van der Waals surface area contributed by atoms with E-state index in [-0.39, 0.29) is 18.5 Å². The van der Waals surface area contributed by atoms with E-state index < -0.39 is 23.8 Å². The van der Waals surface area contributed by atoms with Crippen LogP contribution in [-0.4, -0.2) is 23.7 Å². The lowest BCUT2D eigenvalue weighted by Gasteiger charge is -2.13. The van der Waals surface area contributed by atoms with Gasteiger partial charge in [0.05, 0.1) is 18.1 Å². The van der Waals surface area contributed by atoms with Crippen LogP contribution in [0.5, 0.6) is 0 Å². The number of nitrogens with one attached hydrogen (secondary N) is 1. The van der Waals surface area contributed by atoms with E-state index in [2.05, 4.69) is 5.32 Å². The third-order valence-corrected chi connectivity index (χ3v) is 2.94. The maximum absolute atomic E-state index is 12.7. The predicted octanol–water partition coefficient (Wildman–Crippen LogP) is 2.53. The third kappa shape index (κ3) is 5.21. The Morgan fingerprint density at radius 1 is 1.35 bits per heavy atom. The topological polar surface area (TPSA) is 49.3 Å². The van der Waals surface area contributed by atoms with Crippen LogP contribution in [0, 0.1) is 0 Å². The summed E-state index contributed by atoms with van der Waals surface area (Å²) >= 11 is 0. The molecule has 3 nitrogen and oxygen atoms in total. The van der Waals surface area contributed by atoms with Gasteiger partial charge in [0, 0.05) is 6.54 Å². The summed E-state index contributed by atoms with van der Waals surface area (Å²) in [7, 11) is 0. The molecule has 0 radical (unpaired) electrons. The molecule has 112 valence electrons. The molecular weight excluding hydrogens is 271 g/mol. The molecule has 0 spiro atoms. The number of rotatable bonds is 6. The van der Waals surface area contributed by atoms with Gasteiger partial charge in [-0.1, -0.05) is 25.1 Å². The molecule has 0 aliphatic rings. The van der Waals surface area contributed by atoms with E-state index in [9.17, 15) is 23.1 Å². The highest BCUT2D eigenvalue weighted by Gasteiger charge is 2.33. The minimum Gasteiger partial charge on any atom is -0.393 e. The zero-order chi connectivity index (χ0) is 15.2. The molecule has 0 aliphatic carbocycles. The molecule has 1 aromatic rings. The van der Waals surface area contributed by atoms with E-state index in [0.29, 0.717) is 12.8 Å².